The van der Waals surface area contributed by atoms with Crippen LogP contribution in [0.1, 0.15) is 11.3 Å². The van der Waals surface area contributed by atoms with E-state index >= 15 is 0 Å². The third-order valence-corrected chi connectivity index (χ3v) is 3.91. The van der Waals surface area contributed by atoms with Gasteiger partial charge in [-0.1, -0.05) is 0 Å². The molecule has 1 heterocycles. The molecule has 0 bridgehead atoms. The molecule has 0 fully saturated rings. The summed E-state index contributed by atoms with van der Waals surface area (Å²) >= 11 is 0. The van der Waals surface area contributed by atoms with E-state index in [1.54, 1.807) is 24.4 Å². The smallest absolute Gasteiger partial charge is 0.175 e. The van der Waals surface area contributed by atoms with Crippen LogP contribution in [0, 0.1) is 6.92 Å². The van der Waals surface area contributed by atoms with Crippen LogP contribution in [0.15, 0.2) is 41.4 Å². The van der Waals surface area contributed by atoms with Crippen LogP contribution in [0.25, 0.3) is 0 Å². The predicted octanol–water partition coefficient (Wildman–Crippen LogP) is 2.04. The van der Waals surface area contributed by atoms with E-state index in [1.807, 2.05) is 6.92 Å². The zero-order chi connectivity index (χ0) is 14.8. The van der Waals surface area contributed by atoms with Gasteiger partial charge >= 0.3 is 0 Å². The van der Waals surface area contributed by atoms with Gasteiger partial charge in [-0.15, -0.1) is 0 Å². The first-order valence-electron chi connectivity index (χ1n) is 6.03. The lowest BCUT2D eigenvalue weighted by atomic mass is 10.2. The molecule has 0 aliphatic carbocycles. The zero-order valence-electron chi connectivity index (χ0n) is 11.3. The Hall–Kier alpha value is -1.92. The van der Waals surface area contributed by atoms with Gasteiger partial charge in [0, 0.05) is 36.3 Å². The Morgan fingerprint density at radius 3 is 2.45 bits per heavy atom. The highest BCUT2D eigenvalue weighted by molar-refractivity contribution is 7.90. The molecule has 6 heteroatoms. The number of rotatable bonds is 4. The molecule has 0 amide bonds. The zero-order valence-corrected chi connectivity index (χ0v) is 12.1. The van der Waals surface area contributed by atoms with Crippen molar-refractivity contribution in [2.24, 2.45) is 5.73 Å². The van der Waals surface area contributed by atoms with Gasteiger partial charge in [-0.25, -0.2) is 8.42 Å². The second kappa shape index (κ2) is 5.60. The van der Waals surface area contributed by atoms with Crippen molar-refractivity contribution in [2.45, 2.75) is 18.4 Å². The number of benzene rings is 1. The molecule has 20 heavy (non-hydrogen) atoms. The first-order valence-corrected chi connectivity index (χ1v) is 7.93. The lowest BCUT2D eigenvalue weighted by Gasteiger charge is -2.10. The van der Waals surface area contributed by atoms with Crippen LogP contribution in [0.5, 0.6) is 11.5 Å². The fraction of sp³-hybridized carbons (Fsp3) is 0.214. The maximum atomic E-state index is 11.4. The summed E-state index contributed by atoms with van der Waals surface area (Å²) in [7, 11) is -3.20. The molecule has 0 spiro atoms. The number of nitrogens with zero attached hydrogens (tertiary/aromatic N) is 1. The number of pyridine rings is 1. The lowest BCUT2D eigenvalue weighted by molar-refractivity contribution is 0.474. The molecule has 0 aliphatic rings. The Bertz CT molecular complexity index is 710. The number of sulfone groups is 1. The Labute approximate surface area is 118 Å². The number of hydrogen-bond donors (Lipinski definition) is 1. The summed E-state index contributed by atoms with van der Waals surface area (Å²) in [5, 5.41) is 0. The normalized spacial score (nSPS) is 11.3. The average molecular weight is 292 g/mol. The van der Waals surface area contributed by atoms with Crippen molar-refractivity contribution in [2.75, 3.05) is 6.26 Å². The SMILES string of the molecule is Cc1cc(Oc2ccc(S(C)(=O)=O)cc2)c(CN)cn1. The molecule has 1 aromatic heterocycles. The van der Waals surface area contributed by atoms with Crippen LogP contribution in [0.4, 0.5) is 0 Å². The van der Waals surface area contributed by atoms with E-state index in [4.69, 9.17) is 10.5 Å². The first-order chi connectivity index (χ1) is 9.40. The molecular formula is C14H16N2O3S. The van der Waals surface area contributed by atoms with Crippen LogP contribution in [0.3, 0.4) is 0 Å². The van der Waals surface area contributed by atoms with Gasteiger partial charge in [-0.3, -0.25) is 4.98 Å². The van der Waals surface area contributed by atoms with Gasteiger partial charge in [0.15, 0.2) is 9.84 Å². The van der Waals surface area contributed by atoms with Gasteiger partial charge in [0.25, 0.3) is 0 Å². The predicted molar refractivity (Wildman–Crippen MR) is 76.5 cm³/mol. The summed E-state index contributed by atoms with van der Waals surface area (Å²) < 4.78 is 28.5. The number of ether oxygens (including phenoxy) is 1. The minimum atomic E-state index is -3.20. The van der Waals surface area contributed by atoms with E-state index in [2.05, 4.69) is 4.98 Å². The second-order valence-electron chi connectivity index (χ2n) is 4.48. The van der Waals surface area contributed by atoms with E-state index in [0.29, 0.717) is 18.0 Å². The van der Waals surface area contributed by atoms with E-state index < -0.39 is 9.84 Å². The molecule has 2 N–H and O–H groups in total. The fourth-order valence-corrected chi connectivity index (χ4v) is 2.32. The second-order valence-corrected chi connectivity index (χ2v) is 6.50. The minimum Gasteiger partial charge on any atom is -0.457 e. The summed E-state index contributed by atoms with van der Waals surface area (Å²) in [6.07, 6.45) is 2.84. The van der Waals surface area contributed by atoms with Crippen molar-refractivity contribution in [1.82, 2.24) is 4.98 Å². The summed E-state index contributed by atoms with van der Waals surface area (Å²) in [4.78, 5) is 4.42. The lowest BCUT2D eigenvalue weighted by Crippen LogP contribution is -2.01. The highest BCUT2D eigenvalue weighted by Gasteiger charge is 2.08. The third kappa shape index (κ3) is 3.34. The minimum absolute atomic E-state index is 0.259. The van der Waals surface area contributed by atoms with Crippen LogP contribution in [0.2, 0.25) is 0 Å². The Kier molecular flexibility index (Phi) is 4.06. The molecule has 0 atom stereocenters. The monoisotopic (exact) mass is 292 g/mol. The maximum Gasteiger partial charge on any atom is 0.175 e. The summed E-state index contributed by atoms with van der Waals surface area (Å²) in [5.74, 6) is 1.19. The topological polar surface area (TPSA) is 82.3 Å². The molecule has 5 nitrogen and oxygen atoms in total. The van der Waals surface area contributed by atoms with E-state index in [-0.39, 0.29) is 4.90 Å². The van der Waals surface area contributed by atoms with Gasteiger partial charge in [0.1, 0.15) is 11.5 Å². The van der Waals surface area contributed by atoms with Crippen molar-refractivity contribution < 1.29 is 13.2 Å². The highest BCUT2D eigenvalue weighted by atomic mass is 32.2. The molecule has 0 saturated heterocycles. The van der Waals surface area contributed by atoms with Crippen molar-refractivity contribution >= 4 is 9.84 Å². The fourth-order valence-electron chi connectivity index (χ4n) is 1.69. The van der Waals surface area contributed by atoms with Gasteiger partial charge < -0.3 is 10.5 Å². The summed E-state index contributed by atoms with van der Waals surface area (Å²) in [6, 6.07) is 8.06. The van der Waals surface area contributed by atoms with E-state index in [0.717, 1.165) is 11.3 Å². The summed E-state index contributed by atoms with van der Waals surface area (Å²) in [5.41, 5.74) is 7.25. The number of aromatic nitrogens is 1. The van der Waals surface area contributed by atoms with Crippen LogP contribution in [-0.2, 0) is 16.4 Å². The molecule has 0 aliphatic heterocycles. The first kappa shape index (κ1) is 14.5. The molecule has 0 radical (unpaired) electrons. The largest absolute Gasteiger partial charge is 0.457 e. The number of aryl methyl sites for hydroxylation is 1. The average Bonchev–Trinajstić information content (AvgIpc) is 2.38. The molecule has 0 saturated carbocycles. The van der Waals surface area contributed by atoms with Crippen LogP contribution >= 0.6 is 0 Å². The van der Waals surface area contributed by atoms with Crippen LogP contribution in [-0.4, -0.2) is 19.7 Å². The van der Waals surface area contributed by atoms with Crippen LogP contribution < -0.4 is 10.5 Å². The molecule has 1 aromatic carbocycles. The van der Waals surface area contributed by atoms with Crippen molar-refractivity contribution in [3.05, 3.63) is 47.8 Å². The van der Waals surface area contributed by atoms with Gasteiger partial charge in [0.2, 0.25) is 0 Å². The molecular weight excluding hydrogens is 276 g/mol. The molecule has 2 rings (SSSR count). The Morgan fingerprint density at radius 2 is 1.90 bits per heavy atom. The Balaban J connectivity index is 2.29. The standard InChI is InChI=1S/C14H16N2O3S/c1-10-7-14(11(8-15)9-16-10)19-12-3-5-13(6-4-12)20(2,17)18/h3-7,9H,8,15H2,1-2H3. The third-order valence-electron chi connectivity index (χ3n) is 2.78. The van der Waals surface area contributed by atoms with Gasteiger partial charge in [0.05, 0.1) is 4.90 Å². The van der Waals surface area contributed by atoms with Crippen molar-refractivity contribution in [3.8, 4) is 11.5 Å². The highest BCUT2D eigenvalue weighted by Crippen LogP contribution is 2.26. The molecule has 106 valence electrons. The molecule has 2 aromatic rings. The van der Waals surface area contributed by atoms with Crippen molar-refractivity contribution in [1.29, 1.82) is 0 Å². The maximum absolute atomic E-state index is 11.4. The van der Waals surface area contributed by atoms with Crippen molar-refractivity contribution in [3.63, 3.8) is 0 Å². The summed E-state index contributed by atoms with van der Waals surface area (Å²) in [6.45, 7) is 2.18. The number of hydrogen-bond acceptors (Lipinski definition) is 5. The molecule has 0 unspecified atom stereocenters. The van der Waals surface area contributed by atoms with E-state index in [9.17, 15) is 8.42 Å². The van der Waals surface area contributed by atoms with E-state index in [1.165, 1.54) is 18.4 Å². The Morgan fingerprint density at radius 1 is 1.25 bits per heavy atom. The number of nitrogens with two attached hydrogens (primary N) is 1. The van der Waals surface area contributed by atoms with Gasteiger partial charge in [-0.05, 0) is 31.2 Å². The quantitative estimate of drug-likeness (QED) is 0.932. The van der Waals surface area contributed by atoms with Gasteiger partial charge in [-0.2, -0.15) is 0 Å².